The first-order chi connectivity index (χ1) is 7.62. The Morgan fingerprint density at radius 1 is 1.50 bits per heavy atom. The number of H-pyrrole nitrogens is 1. The fraction of sp³-hybridized carbons (Fsp3) is 0.125. The molecule has 2 rings (SSSR count). The molecule has 0 aliphatic rings. The predicted molar refractivity (Wildman–Crippen MR) is 56.0 cm³/mol. The fourth-order valence-electron chi connectivity index (χ4n) is 1.12. The molecule has 0 saturated heterocycles. The molecule has 4 N–H and O–H groups in total. The first-order valence-electron chi connectivity index (χ1n) is 4.42. The highest BCUT2D eigenvalue weighted by Crippen LogP contribution is 2.17. The Hall–Kier alpha value is -1.80. The number of rotatable bonds is 4. The van der Waals surface area contributed by atoms with Gasteiger partial charge in [-0.25, -0.2) is 0 Å². The molecular weight excluding hydrogens is 232 g/mol. The molecule has 0 radical (unpaired) electrons. The van der Waals surface area contributed by atoms with Crippen LogP contribution in [0.5, 0.6) is 0 Å². The number of furan rings is 1. The molecule has 16 heavy (non-hydrogen) atoms. The van der Waals surface area contributed by atoms with Crippen LogP contribution >= 0.6 is 0 Å². The van der Waals surface area contributed by atoms with E-state index >= 15 is 0 Å². The quantitative estimate of drug-likeness (QED) is 0.711. The van der Waals surface area contributed by atoms with E-state index in [-0.39, 0.29) is 11.6 Å². The highest BCUT2D eigenvalue weighted by Gasteiger charge is 2.18. The van der Waals surface area contributed by atoms with E-state index < -0.39 is 10.0 Å². The van der Waals surface area contributed by atoms with E-state index in [4.69, 9.17) is 10.2 Å². The van der Waals surface area contributed by atoms with Crippen molar-refractivity contribution in [1.29, 1.82) is 0 Å². The average Bonchev–Trinajstić information content (AvgIpc) is 2.85. The van der Waals surface area contributed by atoms with Crippen LogP contribution in [0.25, 0.3) is 0 Å². The van der Waals surface area contributed by atoms with Gasteiger partial charge in [-0.1, -0.05) is 0 Å². The average molecular weight is 242 g/mol. The van der Waals surface area contributed by atoms with Crippen molar-refractivity contribution in [2.45, 2.75) is 11.6 Å². The highest BCUT2D eigenvalue weighted by atomic mass is 32.2. The minimum atomic E-state index is -3.70. The first-order valence-corrected chi connectivity index (χ1v) is 5.90. The van der Waals surface area contributed by atoms with E-state index in [1.165, 1.54) is 24.5 Å². The predicted octanol–water partition coefficient (Wildman–Crippen LogP) is 0.262. The van der Waals surface area contributed by atoms with Crippen LogP contribution in [-0.4, -0.2) is 18.6 Å². The van der Waals surface area contributed by atoms with Gasteiger partial charge in [-0.2, -0.15) is 13.5 Å². The summed E-state index contributed by atoms with van der Waals surface area (Å²) in [4.78, 5) is 0. The molecule has 0 aromatic carbocycles. The summed E-state index contributed by atoms with van der Waals surface area (Å²) in [6.45, 7) is 0.154. The summed E-state index contributed by atoms with van der Waals surface area (Å²) in [7, 11) is -3.70. The topological polar surface area (TPSA) is 114 Å². The molecule has 2 heterocycles. The smallest absolute Gasteiger partial charge is 0.295 e. The van der Waals surface area contributed by atoms with Gasteiger partial charge in [0, 0.05) is 6.20 Å². The van der Waals surface area contributed by atoms with E-state index in [0.717, 1.165) is 0 Å². The minimum Gasteiger partial charge on any atom is -0.446 e. The van der Waals surface area contributed by atoms with Crippen molar-refractivity contribution in [1.82, 2.24) is 10.2 Å². The Bertz CT molecular complexity index is 558. The van der Waals surface area contributed by atoms with Gasteiger partial charge in [0.2, 0.25) is 5.09 Å². The molecule has 2 aromatic heterocycles. The van der Waals surface area contributed by atoms with E-state index in [9.17, 15) is 8.42 Å². The lowest BCUT2D eigenvalue weighted by Crippen LogP contribution is -2.11. The molecule has 0 bridgehead atoms. The maximum absolute atomic E-state index is 11.7. The number of nitrogens with one attached hydrogen (secondary N) is 2. The highest BCUT2D eigenvalue weighted by molar-refractivity contribution is 7.92. The lowest BCUT2D eigenvalue weighted by Gasteiger charge is -2.01. The third-order valence-electron chi connectivity index (χ3n) is 1.85. The first kappa shape index (κ1) is 10.7. The Labute approximate surface area is 91.7 Å². The van der Waals surface area contributed by atoms with Gasteiger partial charge in [0.1, 0.15) is 5.76 Å². The third-order valence-corrected chi connectivity index (χ3v) is 3.11. The maximum atomic E-state index is 11.7. The second-order valence-corrected chi connectivity index (χ2v) is 4.63. The van der Waals surface area contributed by atoms with Gasteiger partial charge in [0.25, 0.3) is 10.0 Å². The molecule has 8 heteroatoms. The minimum absolute atomic E-state index is 0.154. The number of nitrogens with two attached hydrogens (primary N) is 1. The molecule has 0 spiro atoms. The van der Waals surface area contributed by atoms with E-state index in [1.807, 2.05) is 0 Å². The molecule has 0 fully saturated rings. The van der Waals surface area contributed by atoms with Gasteiger partial charge in [0.15, 0.2) is 0 Å². The van der Waals surface area contributed by atoms with Crippen LogP contribution in [0.1, 0.15) is 5.76 Å². The van der Waals surface area contributed by atoms with Gasteiger partial charge < -0.3 is 10.2 Å². The van der Waals surface area contributed by atoms with Crippen LogP contribution < -0.4 is 10.5 Å². The Morgan fingerprint density at radius 2 is 2.31 bits per heavy atom. The molecular formula is C8H10N4O3S. The van der Waals surface area contributed by atoms with Crippen molar-refractivity contribution < 1.29 is 12.8 Å². The molecule has 0 aliphatic carbocycles. The van der Waals surface area contributed by atoms with Gasteiger partial charge in [-0.3, -0.25) is 9.82 Å². The molecule has 7 nitrogen and oxygen atoms in total. The molecule has 86 valence electrons. The van der Waals surface area contributed by atoms with Gasteiger partial charge in [-0.15, -0.1) is 0 Å². The number of aromatic nitrogens is 2. The van der Waals surface area contributed by atoms with E-state index in [1.54, 1.807) is 0 Å². The van der Waals surface area contributed by atoms with Crippen molar-refractivity contribution in [2.24, 2.45) is 5.73 Å². The lowest BCUT2D eigenvalue weighted by atomic mass is 10.5. The summed E-state index contributed by atoms with van der Waals surface area (Å²) < 4.78 is 30.8. The zero-order valence-corrected chi connectivity index (χ0v) is 8.99. The number of hydrogen-bond acceptors (Lipinski definition) is 5. The third kappa shape index (κ3) is 2.07. The second-order valence-electron chi connectivity index (χ2n) is 3.02. The van der Waals surface area contributed by atoms with Gasteiger partial charge in [-0.05, 0) is 12.1 Å². The lowest BCUT2D eigenvalue weighted by molar-refractivity contribution is 0.417. The number of sulfonamides is 1. The molecule has 0 saturated carbocycles. The largest absolute Gasteiger partial charge is 0.446 e. The van der Waals surface area contributed by atoms with Gasteiger partial charge in [0.05, 0.1) is 18.4 Å². The number of aromatic amines is 1. The van der Waals surface area contributed by atoms with Crippen molar-refractivity contribution >= 4 is 15.7 Å². The van der Waals surface area contributed by atoms with Crippen LogP contribution in [-0.2, 0) is 16.6 Å². The summed E-state index contributed by atoms with van der Waals surface area (Å²) in [6.07, 6.45) is 2.77. The molecule has 0 amide bonds. The van der Waals surface area contributed by atoms with Crippen LogP contribution in [0.4, 0.5) is 5.69 Å². The maximum Gasteiger partial charge on any atom is 0.295 e. The molecule has 0 unspecified atom stereocenters. The standard InChI is InChI=1S/C8H10N4O3S/c9-3-7-1-2-8(15-7)16(13,14)12-6-4-10-11-5-6/h1-2,4-5,12H,3,9H2,(H,10,11). The summed E-state index contributed by atoms with van der Waals surface area (Å²) in [5, 5.41) is 5.94. The number of anilines is 1. The van der Waals surface area contributed by atoms with Crippen LogP contribution in [0.15, 0.2) is 34.0 Å². The van der Waals surface area contributed by atoms with Crippen LogP contribution in [0, 0.1) is 0 Å². The number of hydrogen-bond donors (Lipinski definition) is 3. The molecule has 0 atom stereocenters. The monoisotopic (exact) mass is 242 g/mol. The molecule has 2 aromatic rings. The van der Waals surface area contributed by atoms with Crippen molar-refractivity contribution in [2.75, 3.05) is 4.72 Å². The van der Waals surface area contributed by atoms with Crippen LogP contribution in [0.3, 0.4) is 0 Å². The Morgan fingerprint density at radius 3 is 2.88 bits per heavy atom. The second kappa shape index (κ2) is 3.99. The van der Waals surface area contributed by atoms with Crippen molar-refractivity contribution in [3.8, 4) is 0 Å². The van der Waals surface area contributed by atoms with Crippen molar-refractivity contribution in [3.05, 3.63) is 30.3 Å². The summed E-state index contributed by atoms with van der Waals surface area (Å²) in [5.74, 6) is 0.410. The number of nitrogens with zero attached hydrogens (tertiary/aromatic N) is 1. The normalized spacial score (nSPS) is 11.6. The fourth-order valence-corrected chi connectivity index (χ4v) is 2.11. The zero-order valence-electron chi connectivity index (χ0n) is 8.17. The Balaban J connectivity index is 2.25. The van der Waals surface area contributed by atoms with E-state index in [2.05, 4.69) is 14.9 Å². The Kier molecular flexibility index (Phi) is 2.67. The molecule has 0 aliphatic heterocycles. The zero-order chi connectivity index (χ0) is 11.6. The van der Waals surface area contributed by atoms with Gasteiger partial charge >= 0.3 is 0 Å². The summed E-state index contributed by atoms with van der Waals surface area (Å²) >= 11 is 0. The van der Waals surface area contributed by atoms with Crippen LogP contribution in [0.2, 0.25) is 0 Å². The van der Waals surface area contributed by atoms with Crippen molar-refractivity contribution in [3.63, 3.8) is 0 Å². The van der Waals surface area contributed by atoms with E-state index in [0.29, 0.717) is 11.4 Å². The summed E-state index contributed by atoms with van der Waals surface area (Å²) in [5.41, 5.74) is 5.66. The SMILES string of the molecule is NCc1ccc(S(=O)(=O)Nc2cn[nH]c2)o1. The summed E-state index contributed by atoms with van der Waals surface area (Å²) in [6, 6.07) is 2.87.